The Hall–Kier alpha value is -2.07. The molecule has 0 fully saturated rings. The van der Waals surface area contributed by atoms with Crippen LogP contribution in [0.2, 0.25) is 0 Å². The number of aryl methyl sites for hydroxylation is 1. The fourth-order valence-corrected chi connectivity index (χ4v) is 2.27. The predicted octanol–water partition coefficient (Wildman–Crippen LogP) is 4.76. The summed E-state index contributed by atoms with van der Waals surface area (Å²) in [6, 6.07) is 13.3. The minimum Gasteiger partial charge on any atom is -0.457 e. The fourth-order valence-electron chi connectivity index (χ4n) is 1.75. The summed E-state index contributed by atoms with van der Waals surface area (Å²) in [4.78, 5) is 0.801. The normalized spacial score (nSPS) is 10.9. The molecule has 0 aromatic heterocycles. The Bertz CT molecular complexity index is 636. The Morgan fingerprint density at radius 3 is 2.23 bits per heavy atom. The van der Waals surface area contributed by atoms with Gasteiger partial charge in [-0.2, -0.15) is 0 Å². The van der Waals surface area contributed by atoms with Gasteiger partial charge < -0.3 is 10.1 Å². The maximum absolute atomic E-state index is 11.3. The average Bonchev–Trinajstić information content (AvgIpc) is 2.50. The number of hydrogen-bond acceptors (Lipinski definition) is 3. The summed E-state index contributed by atoms with van der Waals surface area (Å²) >= 11 is 0. The molecule has 0 aliphatic heterocycles. The molecule has 1 unspecified atom stereocenters. The van der Waals surface area contributed by atoms with Crippen LogP contribution in [0.5, 0.6) is 11.5 Å². The van der Waals surface area contributed by atoms with Gasteiger partial charge in [0.15, 0.2) is 0 Å². The lowest BCUT2D eigenvalue weighted by molar-refractivity contribution is 0.478. The van der Waals surface area contributed by atoms with Crippen molar-refractivity contribution in [3.8, 4) is 11.5 Å². The van der Waals surface area contributed by atoms with Crippen molar-refractivity contribution in [3.05, 3.63) is 60.7 Å². The van der Waals surface area contributed by atoms with Crippen molar-refractivity contribution in [1.29, 1.82) is 0 Å². The van der Waals surface area contributed by atoms with E-state index < -0.39 is 10.8 Å². The molecule has 22 heavy (non-hydrogen) atoms. The molecule has 0 radical (unpaired) electrons. The van der Waals surface area contributed by atoms with Gasteiger partial charge in [-0.1, -0.05) is 6.08 Å². The van der Waals surface area contributed by atoms with Crippen molar-refractivity contribution in [2.24, 2.45) is 0 Å². The molecule has 3 nitrogen and oxygen atoms in total. The van der Waals surface area contributed by atoms with E-state index in [1.807, 2.05) is 63.4 Å². The minimum absolute atomic E-state index is 0.745. The highest BCUT2D eigenvalue weighted by Crippen LogP contribution is 2.27. The molecule has 0 aliphatic rings. The quantitative estimate of drug-likeness (QED) is 0.826. The summed E-state index contributed by atoms with van der Waals surface area (Å²) in [5, 5.41) is 3.09. The van der Waals surface area contributed by atoms with Gasteiger partial charge in [-0.3, -0.25) is 4.21 Å². The number of allylic oxidation sites excluding steroid dienone is 1. The van der Waals surface area contributed by atoms with Crippen LogP contribution < -0.4 is 10.1 Å². The van der Waals surface area contributed by atoms with Gasteiger partial charge in [-0.05, 0) is 61.9 Å². The Morgan fingerprint density at radius 1 is 1.18 bits per heavy atom. The fraction of sp³-hybridized carbons (Fsp3) is 0.222. The first-order chi connectivity index (χ1) is 10.5. The number of nitrogens with one attached hydrogen (secondary N) is 1. The third kappa shape index (κ3) is 5.37. The molecule has 1 N–H and O–H groups in total. The molecule has 118 valence electrons. The molecule has 2 aromatic rings. The zero-order valence-electron chi connectivity index (χ0n) is 13.6. The lowest BCUT2D eigenvalue weighted by atomic mass is 10.2. The molecule has 1 atom stereocenters. The van der Waals surface area contributed by atoms with Gasteiger partial charge in [-0.15, -0.1) is 6.58 Å². The van der Waals surface area contributed by atoms with E-state index >= 15 is 0 Å². The molecule has 0 aliphatic carbocycles. The van der Waals surface area contributed by atoms with Crippen LogP contribution in [0.3, 0.4) is 0 Å². The molecule has 0 heterocycles. The van der Waals surface area contributed by atoms with E-state index in [9.17, 15) is 4.21 Å². The average molecular weight is 317 g/mol. The molecule has 2 aromatic carbocycles. The van der Waals surface area contributed by atoms with Crippen LogP contribution in [-0.4, -0.2) is 17.5 Å². The lowest BCUT2D eigenvalue weighted by Gasteiger charge is -2.10. The number of hydrogen-bond donors (Lipinski definition) is 1. The topological polar surface area (TPSA) is 38.3 Å². The van der Waals surface area contributed by atoms with Crippen LogP contribution in [0.1, 0.15) is 12.5 Å². The summed E-state index contributed by atoms with van der Waals surface area (Å²) < 4.78 is 17.1. The van der Waals surface area contributed by atoms with E-state index in [1.165, 1.54) is 0 Å². The maximum atomic E-state index is 11.3. The molecule has 0 bridgehead atoms. The van der Waals surface area contributed by atoms with Crippen molar-refractivity contribution in [2.75, 3.05) is 18.6 Å². The summed E-state index contributed by atoms with van der Waals surface area (Å²) in [5.74, 6) is 1.57. The second kappa shape index (κ2) is 9.05. The zero-order valence-corrected chi connectivity index (χ0v) is 14.4. The smallest absolute Gasteiger partial charge is 0.130 e. The molecule has 0 spiro atoms. The monoisotopic (exact) mass is 317 g/mol. The maximum Gasteiger partial charge on any atom is 0.130 e. The largest absolute Gasteiger partial charge is 0.457 e. The lowest BCUT2D eigenvalue weighted by Crippen LogP contribution is -1.92. The van der Waals surface area contributed by atoms with Crippen LogP contribution in [-0.2, 0) is 10.8 Å². The number of benzene rings is 2. The molecule has 0 saturated carbocycles. The number of ether oxygens (including phenoxy) is 1. The van der Waals surface area contributed by atoms with E-state index in [0.717, 1.165) is 27.6 Å². The summed E-state index contributed by atoms with van der Waals surface area (Å²) in [7, 11) is 0.932. The molecular weight excluding hydrogens is 294 g/mol. The van der Waals surface area contributed by atoms with Gasteiger partial charge in [0.05, 0.1) is 0 Å². The van der Waals surface area contributed by atoms with E-state index in [4.69, 9.17) is 4.74 Å². The third-order valence-electron chi connectivity index (χ3n) is 2.85. The van der Waals surface area contributed by atoms with E-state index in [2.05, 4.69) is 11.9 Å². The van der Waals surface area contributed by atoms with Crippen molar-refractivity contribution in [2.45, 2.75) is 18.7 Å². The zero-order chi connectivity index (χ0) is 16.5. The SMILES string of the molecule is C=CC.CNc1ccc(Oc2ccc(S(C)=O)cc2)c(C)c1. The van der Waals surface area contributed by atoms with E-state index in [-0.39, 0.29) is 0 Å². The Morgan fingerprint density at radius 2 is 1.77 bits per heavy atom. The van der Waals surface area contributed by atoms with Gasteiger partial charge in [0.25, 0.3) is 0 Å². The van der Waals surface area contributed by atoms with Crippen LogP contribution in [0.25, 0.3) is 0 Å². The van der Waals surface area contributed by atoms with E-state index in [0.29, 0.717) is 0 Å². The standard InChI is InChI=1S/C15H17NO2S.C3H6/c1-11-10-12(16-2)4-9-15(11)18-13-5-7-14(8-6-13)19(3)17;1-3-2/h4-10,16H,1-3H3;3H,1H2,2H3. The second-order valence-electron chi connectivity index (χ2n) is 4.67. The summed E-state index contributed by atoms with van der Waals surface area (Å²) in [5.41, 5.74) is 2.12. The second-order valence-corrected chi connectivity index (χ2v) is 6.05. The van der Waals surface area contributed by atoms with E-state index in [1.54, 1.807) is 12.3 Å². The van der Waals surface area contributed by atoms with Gasteiger partial charge in [0, 0.05) is 34.7 Å². The predicted molar refractivity (Wildman–Crippen MR) is 95.4 cm³/mol. The van der Waals surface area contributed by atoms with Crippen molar-refractivity contribution < 1.29 is 8.95 Å². The minimum atomic E-state index is -0.956. The van der Waals surface area contributed by atoms with Gasteiger partial charge in [-0.25, -0.2) is 0 Å². The summed E-state index contributed by atoms with van der Waals surface area (Å²) in [6.07, 6.45) is 3.41. The van der Waals surface area contributed by atoms with Crippen LogP contribution in [0, 0.1) is 6.92 Å². The highest BCUT2D eigenvalue weighted by atomic mass is 32.2. The molecular formula is C18H23NO2S. The third-order valence-corrected chi connectivity index (χ3v) is 3.78. The Kier molecular flexibility index (Phi) is 7.40. The van der Waals surface area contributed by atoms with Gasteiger partial charge in [0.2, 0.25) is 0 Å². The first kappa shape index (κ1) is 18.0. The van der Waals surface area contributed by atoms with Crippen molar-refractivity contribution in [1.82, 2.24) is 0 Å². The van der Waals surface area contributed by atoms with Gasteiger partial charge >= 0.3 is 0 Å². The molecule has 0 saturated heterocycles. The first-order valence-electron chi connectivity index (χ1n) is 6.98. The molecule has 4 heteroatoms. The van der Waals surface area contributed by atoms with Crippen LogP contribution >= 0.6 is 0 Å². The number of anilines is 1. The highest BCUT2D eigenvalue weighted by molar-refractivity contribution is 7.84. The Labute approximate surface area is 135 Å². The van der Waals surface area contributed by atoms with Crippen molar-refractivity contribution >= 4 is 16.5 Å². The number of rotatable bonds is 4. The molecule has 2 rings (SSSR count). The molecule has 0 amide bonds. The Balaban J connectivity index is 0.000000745. The first-order valence-corrected chi connectivity index (χ1v) is 8.54. The highest BCUT2D eigenvalue weighted by Gasteiger charge is 2.03. The summed E-state index contributed by atoms with van der Waals surface area (Å²) in [6.45, 7) is 7.26. The van der Waals surface area contributed by atoms with Crippen molar-refractivity contribution in [3.63, 3.8) is 0 Å². The van der Waals surface area contributed by atoms with Gasteiger partial charge in [0.1, 0.15) is 11.5 Å². The van der Waals surface area contributed by atoms with Crippen LogP contribution in [0.4, 0.5) is 5.69 Å². The van der Waals surface area contributed by atoms with Crippen LogP contribution in [0.15, 0.2) is 60.0 Å².